The molecule has 0 radical (unpaired) electrons. The summed E-state index contributed by atoms with van der Waals surface area (Å²) in [5.74, 6) is 0. The van der Waals surface area contributed by atoms with Crippen LogP contribution in [0.25, 0.3) is 0 Å². The molecule has 1 unspecified atom stereocenters. The molecule has 0 saturated heterocycles. The summed E-state index contributed by atoms with van der Waals surface area (Å²) in [7, 11) is 0. The maximum Gasteiger partial charge on any atom is 0.0186 e. The Hall–Kier alpha value is 0.180. The average molecular weight is 348 g/mol. The summed E-state index contributed by atoms with van der Waals surface area (Å²) in [6, 6.07) is 8.63. The third-order valence-electron chi connectivity index (χ3n) is 2.74. The van der Waals surface area contributed by atoms with Crippen molar-refractivity contribution in [3.8, 4) is 0 Å². The minimum absolute atomic E-state index is 0.630. The molecule has 0 N–H and O–H groups in total. The molecule has 0 saturated carbocycles. The van der Waals surface area contributed by atoms with Crippen LogP contribution in [0.5, 0.6) is 0 Å². The zero-order valence-corrected chi connectivity index (χ0v) is 13.1. The predicted octanol–water partition coefficient (Wildman–Crippen LogP) is 5.73. The van der Waals surface area contributed by atoms with E-state index in [2.05, 4.69) is 63.0 Å². The van der Waals surface area contributed by atoms with Gasteiger partial charge in [-0.2, -0.15) is 0 Å². The number of benzene rings is 1. The van der Waals surface area contributed by atoms with Crippen molar-refractivity contribution in [3.63, 3.8) is 0 Å². The molecule has 1 aromatic rings. The van der Waals surface area contributed by atoms with E-state index in [4.69, 9.17) is 0 Å². The number of rotatable bonds is 7. The fourth-order valence-electron chi connectivity index (χ4n) is 1.77. The second kappa shape index (κ2) is 8.30. The molecule has 0 aliphatic heterocycles. The highest BCUT2D eigenvalue weighted by molar-refractivity contribution is 9.10. The van der Waals surface area contributed by atoms with Crippen LogP contribution in [0, 0.1) is 0 Å². The fourth-order valence-corrected chi connectivity index (χ4v) is 2.73. The highest BCUT2D eigenvalue weighted by atomic mass is 79.9. The lowest BCUT2D eigenvalue weighted by Gasteiger charge is -2.09. The fraction of sp³-hybridized carbons (Fsp3) is 0.571. The molecule has 0 spiro atoms. The van der Waals surface area contributed by atoms with Crippen molar-refractivity contribution in [1.82, 2.24) is 0 Å². The number of halogens is 2. The molecular formula is C14H20Br2. The van der Waals surface area contributed by atoms with E-state index >= 15 is 0 Å². The van der Waals surface area contributed by atoms with Gasteiger partial charge in [-0.3, -0.25) is 0 Å². The van der Waals surface area contributed by atoms with E-state index in [1.165, 1.54) is 37.7 Å². The largest absolute Gasteiger partial charge is 0.0887 e. The first-order valence-electron chi connectivity index (χ1n) is 6.11. The van der Waals surface area contributed by atoms with Gasteiger partial charge in [0.1, 0.15) is 0 Å². The topological polar surface area (TPSA) is 0 Å². The first-order valence-corrected chi connectivity index (χ1v) is 7.81. The Morgan fingerprint density at radius 3 is 2.38 bits per heavy atom. The van der Waals surface area contributed by atoms with E-state index in [1.807, 2.05) is 0 Å². The zero-order valence-electron chi connectivity index (χ0n) is 9.89. The minimum Gasteiger partial charge on any atom is -0.0887 e. The van der Waals surface area contributed by atoms with Crippen molar-refractivity contribution in [2.75, 3.05) is 0 Å². The Labute approximate surface area is 116 Å². The van der Waals surface area contributed by atoms with Crippen LogP contribution in [-0.4, -0.2) is 4.83 Å². The molecule has 0 bridgehead atoms. The van der Waals surface area contributed by atoms with Gasteiger partial charge < -0.3 is 0 Å². The van der Waals surface area contributed by atoms with Gasteiger partial charge in [0.05, 0.1) is 0 Å². The summed E-state index contributed by atoms with van der Waals surface area (Å²) in [6.45, 7) is 2.26. The summed E-state index contributed by atoms with van der Waals surface area (Å²) < 4.78 is 1.16. The van der Waals surface area contributed by atoms with Gasteiger partial charge >= 0.3 is 0 Å². The molecule has 0 aliphatic carbocycles. The van der Waals surface area contributed by atoms with Crippen LogP contribution in [-0.2, 0) is 6.42 Å². The Bertz CT molecular complexity index is 279. The van der Waals surface area contributed by atoms with Crippen molar-refractivity contribution < 1.29 is 0 Å². The first kappa shape index (κ1) is 14.2. The van der Waals surface area contributed by atoms with Crippen molar-refractivity contribution in [2.24, 2.45) is 0 Å². The molecule has 0 nitrogen and oxygen atoms in total. The molecular weight excluding hydrogens is 328 g/mol. The van der Waals surface area contributed by atoms with Gasteiger partial charge in [-0.1, -0.05) is 76.6 Å². The highest BCUT2D eigenvalue weighted by Crippen LogP contribution is 2.18. The molecule has 0 heterocycles. The molecule has 1 atom stereocenters. The van der Waals surface area contributed by atoms with Crippen LogP contribution < -0.4 is 0 Å². The van der Waals surface area contributed by atoms with E-state index in [0.29, 0.717) is 4.83 Å². The predicted molar refractivity (Wildman–Crippen MR) is 79.3 cm³/mol. The normalized spacial score (nSPS) is 12.7. The molecule has 0 aliphatic rings. The van der Waals surface area contributed by atoms with Crippen LogP contribution >= 0.6 is 31.9 Å². The molecule has 0 aromatic heterocycles. The monoisotopic (exact) mass is 346 g/mol. The lowest BCUT2D eigenvalue weighted by atomic mass is 10.1. The molecule has 1 rings (SSSR count). The van der Waals surface area contributed by atoms with Crippen molar-refractivity contribution in [1.29, 1.82) is 0 Å². The highest BCUT2D eigenvalue weighted by Gasteiger charge is 2.05. The van der Waals surface area contributed by atoms with Gasteiger partial charge in [-0.25, -0.2) is 0 Å². The third-order valence-corrected chi connectivity index (χ3v) is 4.05. The Morgan fingerprint density at radius 2 is 1.75 bits per heavy atom. The van der Waals surface area contributed by atoms with E-state index in [9.17, 15) is 0 Å². The lowest BCUT2D eigenvalue weighted by molar-refractivity contribution is 0.619. The number of hydrogen-bond acceptors (Lipinski definition) is 0. The maximum absolute atomic E-state index is 3.77. The Morgan fingerprint density at radius 1 is 1.06 bits per heavy atom. The van der Waals surface area contributed by atoms with Gasteiger partial charge in [-0.15, -0.1) is 0 Å². The summed E-state index contributed by atoms with van der Waals surface area (Å²) in [5.41, 5.74) is 1.42. The lowest BCUT2D eigenvalue weighted by Crippen LogP contribution is -2.02. The van der Waals surface area contributed by atoms with Crippen LogP contribution in [0.3, 0.4) is 0 Å². The van der Waals surface area contributed by atoms with Gasteiger partial charge in [0.25, 0.3) is 0 Å². The average Bonchev–Trinajstić information content (AvgIpc) is 2.28. The second-order valence-corrected chi connectivity index (χ2v) is 6.49. The minimum atomic E-state index is 0.630. The molecule has 16 heavy (non-hydrogen) atoms. The van der Waals surface area contributed by atoms with Crippen molar-refractivity contribution in [2.45, 2.75) is 50.3 Å². The number of hydrogen-bond donors (Lipinski definition) is 0. The zero-order chi connectivity index (χ0) is 11.8. The molecule has 0 amide bonds. The quantitative estimate of drug-likeness (QED) is 0.436. The smallest absolute Gasteiger partial charge is 0.0186 e. The van der Waals surface area contributed by atoms with E-state index in [0.717, 1.165) is 10.9 Å². The van der Waals surface area contributed by atoms with Gasteiger partial charge in [0, 0.05) is 9.30 Å². The van der Waals surface area contributed by atoms with Gasteiger partial charge in [0.2, 0.25) is 0 Å². The third kappa shape index (κ3) is 6.05. The molecule has 1 aromatic carbocycles. The molecule has 90 valence electrons. The standard InChI is InChI=1S/C14H20Br2/c1-2-3-4-5-6-14(16)11-12-7-9-13(15)10-8-12/h7-10,14H,2-6,11H2,1H3. The van der Waals surface area contributed by atoms with E-state index in [-0.39, 0.29) is 0 Å². The first-order chi connectivity index (χ1) is 7.72. The van der Waals surface area contributed by atoms with Gasteiger partial charge in [-0.05, 0) is 30.5 Å². The molecule has 2 heteroatoms. The molecule has 0 fully saturated rings. The summed E-state index contributed by atoms with van der Waals surface area (Å²) >= 11 is 7.23. The van der Waals surface area contributed by atoms with Crippen LogP contribution in [0.15, 0.2) is 28.7 Å². The van der Waals surface area contributed by atoms with Crippen molar-refractivity contribution >= 4 is 31.9 Å². The summed E-state index contributed by atoms with van der Waals surface area (Å²) in [5, 5.41) is 0. The number of alkyl halides is 1. The summed E-state index contributed by atoms with van der Waals surface area (Å²) in [4.78, 5) is 0.630. The maximum atomic E-state index is 3.77. The Balaban J connectivity index is 2.23. The number of unbranched alkanes of at least 4 members (excludes halogenated alkanes) is 3. The van der Waals surface area contributed by atoms with Crippen LogP contribution in [0.2, 0.25) is 0 Å². The Kier molecular flexibility index (Phi) is 7.39. The van der Waals surface area contributed by atoms with Crippen LogP contribution in [0.4, 0.5) is 0 Å². The van der Waals surface area contributed by atoms with Crippen LogP contribution in [0.1, 0.15) is 44.6 Å². The SMILES string of the molecule is CCCCCCC(Br)Cc1ccc(Br)cc1. The van der Waals surface area contributed by atoms with E-state index in [1.54, 1.807) is 0 Å². The second-order valence-electron chi connectivity index (χ2n) is 4.28. The van der Waals surface area contributed by atoms with E-state index < -0.39 is 0 Å². The summed E-state index contributed by atoms with van der Waals surface area (Å²) in [6.07, 6.45) is 7.84. The van der Waals surface area contributed by atoms with Crippen molar-refractivity contribution in [3.05, 3.63) is 34.3 Å². The van der Waals surface area contributed by atoms with Gasteiger partial charge in [0.15, 0.2) is 0 Å².